The van der Waals surface area contributed by atoms with E-state index in [1.165, 1.54) is 4.31 Å². The smallest absolute Gasteiger partial charge is 0.243 e. The Kier molecular flexibility index (Phi) is 10.5. The zero-order valence-corrected chi connectivity index (χ0v) is 23.2. The normalized spacial score (nSPS) is 12.0. The highest BCUT2D eigenvalue weighted by Gasteiger charge is 2.30. The van der Waals surface area contributed by atoms with Crippen molar-refractivity contribution in [3.8, 4) is 0 Å². The summed E-state index contributed by atoms with van der Waals surface area (Å²) in [4.78, 5) is 28.7. The van der Waals surface area contributed by atoms with Crippen molar-refractivity contribution in [3.63, 3.8) is 0 Å². The lowest BCUT2D eigenvalue weighted by atomic mass is 10.0. The first kappa shape index (κ1) is 28.9. The van der Waals surface area contributed by atoms with Crippen molar-refractivity contribution in [2.45, 2.75) is 45.7 Å². The molecular weight excluding hydrogens is 498 g/mol. The van der Waals surface area contributed by atoms with E-state index < -0.39 is 16.1 Å². The van der Waals surface area contributed by atoms with Gasteiger partial charge in [0.1, 0.15) is 6.04 Å². The topological polar surface area (TPSA) is 86.8 Å². The first-order chi connectivity index (χ1) is 18.2. The molecule has 0 bridgehead atoms. The highest BCUT2D eigenvalue weighted by molar-refractivity contribution is 7.92. The molecule has 7 nitrogen and oxygen atoms in total. The summed E-state index contributed by atoms with van der Waals surface area (Å²) in [5, 5.41) is 2.90. The van der Waals surface area contributed by atoms with E-state index in [2.05, 4.69) is 5.32 Å². The van der Waals surface area contributed by atoms with Gasteiger partial charge in [-0.3, -0.25) is 13.9 Å². The summed E-state index contributed by atoms with van der Waals surface area (Å²) in [5.74, 6) is -0.401. The summed E-state index contributed by atoms with van der Waals surface area (Å²) in [7, 11) is -3.52. The Bertz CT molecular complexity index is 1300. The number of nitrogens with one attached hydrogen (secondary N) is 1. The third kappa shape index (κ3) is 8.18. The summed E-state index contributed by atoms with van der Waals surface area (Å²) < 4.78 is 26.3. The summed E-state index contributed by atoms with van der Waals surface area (Å²) in [6, 6.07) is 25.6. The molecule has 1 atom stereocenters. The second kappa shape index (κ2) is 13.8. The van der Waals surface area contributed by atoms with E-state index in [1.807, 2.05) is 74.5 Å². The maximum Gasteiger partial charge on any atom is 0.243 e. The number of aryl methyl sites for hydroxylation is 1. The van der Waals surface area contributed by atoms with Crippen LogP contribution in [0.5, 0.6) is 0 Å². The van der Waals surface area contributed by atoms with Gasteiger partial charge in [0.05, 0.1) is 11.9 Å². The van der Waals surface area contributed by atoms with Crippen molar-refractivity contribution in [2.24, 2.45) is 0 Å². The summed E-state index contributed by atoms with van der Waals surface area (Å²) >= 11 is 0. The number of benzene rings is 3. The van der Waals surface area contributed by atoms with Crippen molar-refractivity contribution in [1.82, 2.24) is 10.2 Å². The van der Waals surface area contributed by atoms with Gasteiger partial charge in [0.2, 0.25) is 21.8 Å². The van der Waals surface area contributed by atoms with Gasteiger partial charge in [0.15, 0.2) is 0 Å². The van der Waals surface area contributed by atoms with Crippen molar-refractivity contribution in [3.05, 3.63) is 102 Å². The zero-order chi connectivity index (χ0) is 27.5. The molecule has 0 saturated heterocycles. The van der Waals surface area contributed by atoms with E-state index in [0.29, 0.717) is 25.1 Å². The van der Waals surface area contributed by atoms with E-state index >= 15 is 0 Å². The number of anilines is 1. The Morgan fingerprint density at radius 1 is 0.895 bits per heavy atom. The highest BCUT2D eigenvalue weighted by Crippen LogP contribution is 2.20. The lowest BCUT2D eigenvalue weighted by Crippen LogP contribution is -2.50. The summed E-state index contributed by atoms with van der Waals surface area (Å²) in [6.45, 7) is 4.75. The lowest BCUT2D eigenvalue weighted by Gasteiger charge is -2.32. The lowest BCUT2D eigenvalue weighted by molar-refractivity contribution is -0.141. The molecule has 0 aliphatic carbocycles. The fourth-order valence-corrected chi connectivity index (χ4v) is 5.38. The first-order valence-corrected chi connectivity index (χ1v) is 14.7. The van der Waals surface area contributed by atoms with Crippen LogP contribution < -0.4 is 9.62 Å². The quantitative estimate of drug-likeness (QED) is 0.353. The molecule has 202 valence electrons. The van der Waals surface area contributed by atoms with E-state index in [0.717, 1.165) is 22.9 Å². The maximum absolute atomic E-state index is 13.7. The molecule has 0 radical (unpaired) electrons. The molecule has 3 aromatic rings. The number of carbonyl (C=O) groups is 2. The third-order valence-electron chi connectivity index (χ3n) is 6.42. The number of amides is 2. The Morgan fingerprint density at radius 2 is 1.50 bits per heavy atom. The minimum Gasteiger partial charge on any atom is -0.355 e. The van der Waals surface area contributed by atoms with Crippen LogP contribution in [-0.2, 0) is 32.6 Å². The summed E-state index contributed by atoms with van der Waals surface area (Å²) in [6.07, 6.45) is 1.97. The second-order valence-corrected chi connectivity index (χ2v) is 11.2. The van der Waals surface area contributed by atoms with E-state index in [9.17, 15) is 18.0 Å². The van der Waals surface area contributed by atoms with Crippen LogP contribution in [0.15, 0.2) is 84.9 Å². The van der Waals surface area contributed by atoms with Gasteiger partial charge in [0, 0.05) is 32.5 Å². The average Bonchev–Trinajstić information content (AvgIpc) is 2.90. The van der Waals surface area contributed by atoms with E-state index in [1.54, 1.807) is 29.2 Å². The van der Waals surface area contributed by atoms with Gasteiger partial charge in [0.25, 0.3) is 0 Å². The number of hydrogen-bond acceptors (Lipinski definition) is 4. The Labute approximate surface area is 226 Å². The molecule has 8 heteroatoms. The Balaban J connectivity index is 1.86. The van der Waals surface area contributed by atoms with Crippen LogP contribution in [0.3, 0.4) is 0 Å². The van der Waals surface area contributed by atoms with Crippen LogP contribution in [-0.4, -0.2) is 50.5 Å². The van der Waals surface area contributed by atoms with Crippen LogP contribution in [0.25, 0.3) is 0 Å². The molecule has 0 spiro atoms. The van der Waals surface area contributed by atoms with Crippen molar-refractivity contribution in [2.75, 3.05) is 23.7 Å². The number of rotatable bonds is 13. The fourth-order valence-electron chi connectivity index (χ4n) is 4.42. The number of likely N-dealkylation sites (N-methyl/N-ethyl adjacent to an activating group) is 1. The van der Waals surface area contributed by atoms with Crippen LogP contribution >= 0.6 is 0 Å². The third-order valence-corrected chi connectivity index (χ3v) is 7.61. The number of nitrogens with zero attached hydrogens (tertiary/aromatic N) is 2. The fraction of sp³-hybridized carbons (Fsp3) is 0.333. The zero-order valence-electron chi connectivity index (χ0n) is 22.3. The van der Waals surface area contributed by atoms with Crippen LogP contribution in [0.4, 0.5) is 5.69 Å². The number of hydrogen-bond donors (Lipinski definition) is 1. The molecule has 0 aliphatic heterocycles. The van der Waals surface area contributed by atoms with Crippen molar-refractivity contribution >= 4 is 27.5 Å². The Hall–Kier alpha value is -3.65. The number of sulfonamides is 1. The molecule has 0 aromatic heterocycles. The molecule has 0 saturated carbocycles. The van der Waals surface area contributed by atoms with Gasteiger partial charge in [-0.05, 0) is 49.1 Å². The largest absolute Gasteiger partial charge is 0.355 e. The summed E-state index contributed by atoms with van der Waals surface area (Å²) in [5.41, 5.74) is 3.51. The second-order valence-electron chi connectivity index (χ2n) is 9.32. The molecular formula is C30H37N3O4S. The molecule has 3 rings (SSSR count). The molecule has 1 N–H and O–H groups in total. The van der Waals surface area contributed by atoms with E-state index in [-0.39, 0.29) is 31.3 Å². The Morgan fingerprint density at radius 3 is 2.11 bits per heavy atom. The van der Waals surface area contributed by atoms with Gasteiger partial charge in [-0.1, -0.05) is 72.8 Å². The van der Waals surface area contributed by atoms with Gasteiger partial charge < -0.3 is 10.2 Å². The minimum absolute atomic E-state index is 0.107. The van der Waals surface area contributed by atoms with Gasteiger partial charge in [-0.15, -0.1) is 0 Å². The highest BCUT2D eigenvalue weighted by atomic mass is 32.2. The minimum atomic E-state index is -3.52. The number of para-hydroxylation sites is 1. The van der Waals surface area contributed by atoms with Gasteiger partial charge in [-0.2, -0.15) is 0 Å². The van der Waals surface area contributed by atoms with Crippen molar-refractivity contribution < 1.29 is 18.0 Å². The molecule has 38 heavy (non-hydrogen) atoms. The SMILES string of the molecule is CCNC(=O)C(Cc1ccccc1)N(Cc1ccccc1C)C(=O)CCCN(c1ccccc1)S(C)(=O)=O. The molecule has 2 amide bonds. The molecule has 1 unspecified atom stereocenters. The molecule has 0 heterocycles. The molecule has 3 aromatic carbocycles. The number of carbonyl (C=O) groups excluding carboxylic acids is 2. The average molecular weight is 536 g/mol. The first-order valence-electron chi connectivity index (χ1n) is 12.9. The van der Waals surface area contributed by atoms with Crippen LogP contribution in [0.1, 0.15) is 36.5 Å². The predicted octanol–water partition coefficient (Wildman–Crippen LogP) is 4.32. The predicted molar refractivity (Wildman–Crippen MR) is 152 cm³/mol. The van der Waals surface area contributed by atoms with Gasteiger partial charge in [-0.25, -0.2) is 8.42 Å². The van der Waals surface area contributed by atoms with Crippen LogP contribution in [0.2, 0.25) is 0 Å². The molecule has 0 aliphatic rings. The monoisotopic (exact) mass is 535 g/mol. The van der Waals surface area contributed by atoms with Crippen molar-refractivity contribution in [1.29, 1.82) is 0 Å². The molecule has 0 fully saturated rings. The van der Waals surface area contributed by atoms with Crippen LogP contribution in [0, 0.1) is 6.92 Å². The van der Waals surface area contributed by atoms with E-state index in [4.69, 9.17) is 0 Å². The standard InChI is InChI=1S/C30H37N3O4S/c1-4-31-30(35)28(22-25-15-7-5-8-16-25)32(23-26-17-12-11-14-24(26)2)29(34)20-13-21-33(38(3,36)37)27-18-9-6-10-19-27/h5-12,14-19,28H,4,13,20-23H2,1-3H3,(H,31,35). The van der Waals surface area contributed by atoms with Gasteiger partial charge >= 0.3 is 0 Å². The maximum atomic E-state index is 13.7.